The number of rotatable bonds is 5. The van der Waals surface area contributed by atoms with Gasteiger partial charge in [-0.25, -0.2) is 0 Å². The third-order valence-electron chi connectivity index (χ3n) is 3.04. The molecule has 0 radical (unpaired) electrons. The van der Waals surface area contributed by atoms with Crippen LogP contribution in [-0.4, -0.2) is 16.9 Å². The lowest BCUT2D eigenvalue weighted by Crippen LogP contribution is -2.33. The van der Waals surface area contributed by atoms with Crippen molar-refractivity contribution in [3.05, 3.63) is 64.9 Å². The molecule has 0 bridgehead atoms. The summed E-state index contributed by atoms with van der Waals surface area (Å²) in [6.45, 7) is 1.99. The maximum Gasteiger partial charge on any atom is 0.270 e. The van der Waals surface area contributed by atoms with Gasteiger partial charge in [0, 0.05) is 17.3 Å². The topological polar surface area (TPSA) is 42.0 Å². The number of pyridine rings is 1. The maximum atomic E-state index is 12.0. The van der Waals surface area contributed by atoms with E-state index in [1.165, 1.54) is 11.8 Å². The van der Waals surface area contributed by atoms with E-state index < -0.39 is 0 Å². The van der Waals surface area contributed by atoms with E-state index in [1.807, 2.05) is 25.1 Å². The Morgan fingerprint density at radius 1 is 1.30 bits per heavy atom. The van der Waals surface area contributed by atoms with E-state index in [4.69, 9.17) is 11.6 Å². The predicted octanol–water partition coefficient (Wildman–Crippen LogP) is 3.49. The Labute approximate surface area is 124 Å². The van der Waals surface area contributed by atoms with Crippen LogP contribution < -0.4 is 5.32 Å². The number of aromatic nitrogens is 1. The third kappa shape index (κ3) is 4.35. The van der Waals surface area contributed by atoms with Gasteiger partial charge in [0.05, 0.1) is 0 Å². The largest absolute Gasteiger partial charge is 0.348 e. The molecule has 1 amide bonds. The first-order valence-corrected chi connectivity index (χ1v) is 6.99. The molecule has 1 aromatic carbocycles. The maximum absolute atomic E-state index is 12.0. The molecular formula is C16H17ClN2O. The molecule has 3 nitrogen and oxygen atoms in total. The minimum absolute atomic E-state index is 0.0866. The van der Waals surface area contributed by atoms with Crippen LogP contribution in [0.5, 0.6) is 0 Å². The molecule has 0 aliphatic heterocycles. The monoisotopic (exact) mass is 288 g/mol. The Morgan fingerprint density at radius 3 is 2.75 bits per heavy atom. The summed E-state index contributed by atoms with van der Waals surface area (Å²) in [6.07, 6.45) is 3.35. The molecule has 0 spiro atoms. The molecule has 0 unspecified atom stereocenters. The summed E-state index contributed by atoms with van der Waals surface area (Å²) in [5.74, 6) is -0.187. The van der Waals surface area contributed by atoms with Gasteiger partial charge in [-0.3, -0.25) is 9.78 Å². The highest BCUT2D eigenvalue weighted by Crippen LogP contribution is 2.09. The normalized spacial score (nSPS) is 11.9. The van der Waals surface area contributed by atoms with Crippen molar-refractivity contribution in [2.75, 3.05) is 0 Å². The number of aryl methyl sites for hydroxylation is 1. The molecule has 104 valence electrons. The summed E-state index contributed by atoms with van der Waals surface area (Å²) in [7, 11) is 0. The summed E-state index contributed by atoms with van der Waals surface area (Å²) < 4.78 is 0. The molecule has 0 aliphatic rings. The molecule has 0 fully saturated rings. The lowest BCUT2D eigenvalue weighted by atomic mass is 10.1. The highest BCUT2D eigenvalue weighted by Gasteiger charge is 2.11. The number of benzene rings is 1. The van der Waals surface area contributed by atoms with E-state index in [0.717, 1.165) is 12.8 Å². The van der Waals surface area contributed by atoms with Crippen molar-refractivity contribution < 1.29 is 4.79 Å². The average Bonchev–Trinajstić information content (AvgIpc) is 2.46. The number of nitrogens with zero attached hydrogens (tertiary/aromatic N) is 1. The van der Waals surface area contributed by atoms with Gasteiger partial charge in [-0.15, -0.1) is 0 Å². The summed E-state index contributed by atoms with van der Waals surface area (Å²) in [6, 6.07) is 13.5. The third-order valence-corrected chi connectivity index (χ3v) is 3.28. The van der Waals surface area contributed by atoms with Crippen molar-refractivity contribution in [3.63, 3.8) is 0 Å². The number of amides is 1. The number of carbonyl (C=O) groups is 1. The van der Waals surface area contributed by atoms with Crippen LogP contribution in [0.3, 0.4) is 0 Å². The molecule has 2 rings (SSSR count). The molecule has 0 saturated heterocycles. The van der Waals surface area contributed by atoms with E-state index >= 15 is 0 Å². The Morgan fingerprint density at radius 2 is 2.05 bits per heavy atom. The van der Waals surface area contributed by atoms with Crippen molar-refractivity contribution in [1.82, 2.24) is 10.3 Å². The number of carbonyl (C=O) groups excluding carboxylic acids is 1. The van der Waals surface area contributed by atoms with Crippen LogP contribution >= 0.6 is 11.6 Å². The van der Waals surface area contributed by atoms with Gasteiger partial charge < -0.3 is 5.32 Å². The highest BCUT2D eigenvalue weighted by molar-refractivity contribution is 6.30. The van der Waals surface area contributed by atoms with Crippen molar-refractivity contribution in [1.29, 1.82) is 0 Å². The van der Waals surface area contributed by atoms with Gasteiger partial charge in [0.15, 0.2) is 0 Å². The first kappa shape index (κ1) is 14.5. The Balaban J connectivity index is 1.85. The Bertz CT molecular complexity index is 572. The molecule has 1 atom stereocenters. The smallest absolute Gasteiger partial charge is 0.270 e. The number of halogens is 1. The van der Waals surface area contributed by atoms with Gasteiger partial charge >= 0.3 is 0 Å². The van der Waals surface area contributed by atoms with Crippen LogP contribution in [-0.2, 0) is 6.42 Å². The minimum Gasteiger partial charge on any atom is -0.348 e. The second kappa shape index (κ2) is 7.06. The molecule has 4 heteroatoms. The van der Waals surface area contributed by atoms with Gasteiger partial charge in [-0.1, -0.05) is 41.9 Å². The van der Waals surface area contributed by atoms with Crippen LogP contribution in [0.1, 0.15) is 29.4 Å². The second-order valence-electron chi connectivity index (χ2n) is 4.76. The lowest BCUT2D eigenvalue weighted by Gasteiger charge is -2.13. The number of nitrogens with one attached hydrogen (secondary N) is 1. The Kier molecular flexibility index (Phi) is 5.13. The molecule has 0 saturated carbocycles. The zero-order valence-electron chi connectivity index (χ0n) is 11.3. The van der Waals surface area contributed by atoms with Gasteiger partial charge in [-0.05, 0) is 37.5 Å². The molecule has 0 aliphatic carbocycles. The van der Waals surface area contributed by atoms with Gasteiger partial charge in [-0.2, -0.15) is 0 Å². The fourth-order valence-corrected chi connectivity index (χ4v) is 2.09. The van der Waals surface area contributed by atoms with E-state index in [0.29, 0.717) is 10.7 Å². The number of hydrogen-bond acceptors (Lipinski definition) is 2. The van der Waals surface area contributed by atoms with Crippen molar-refractivity contribution in [2.24, 2.45) is 0 Å². The first-order valence-electron chi connectivity index (χ1n) is 6.61. The van der Waals surface area contributed by atoms with E-state index in [1.54, 1.807) is 12.1 Å². The molecular weight excluding hydrogens is 272 g/mol. The molecule has 1 heterocycles. The predicted molar refractivity (Wildman–Crippen MR) is 80.9 cm³/mol. The van der Waals surface area contributed by atoms with Crippen LogP contribution in [0.15, 0.2) is 48.7 Å². The molecule has 2 aromatic rings. The zero-order chi connectivity index (χ0) is 14.4. The molecule has 1 N–H and O–H groups in total. The van der Waals surface area contributed by atoms with Crippen LogP contribution in [0, 0.1) is 0 Å². The SMILES string of the molecule is C[C@@H](CCc1ccccc1)NC(=O)c1cc(Cl)ccn1. The average molecular weight is 289 g/mol. The Hall–Kier alpha value is -1.87. The summed E-state index contributed by atoms with van der Waals surface area (Å²) in [4.78, 5) is 16.0. The quantitative estimate of drug-likeness (QED) is 0.915. The lowest BCUT2D eigenvalue weighted by molar-refractivity contribution is 0.0933. The standard InChI is InChI=1S/C16H17ClN2O/c1-12(7-8-13-5-3-2-4-6-13)19-16(20)15-11-14(17)9-10-18-15/h2-6,9-12H,7-8H2,1H3,(H,19,20)/t12-/m0/s1. The van der Waals surface area contributed by atoms with Crippen molar-refractivity contribution in [3.8, 4) is 0 Å². The summed E-state index contributed by atoms with van der Waals surface area (Å²) in [5, 5.41) is 3.45. The van der Waals surface area contributed by atoms with Gasteiger partial charge in [0.25, 0.3) is 5.91 Å². The summed E-state index contributed by atoms with van der Waals surface area (Å²) in [5.41, 5.74) is 1.62. The van der Waals surface area contributed by atoms with Gasteiger partial charge in [0.2, 0.25) is 0 Å². The van der Waals surface area contributed by atoms with Crippen molar-refractivity contribution in [2.45, 2.75) is 25.8 Å². The van der Waals surface area contributed by atoms with E-state index in [2.05, 4.69) is 22.4 Å². The van der Waals surface area contributed by atoms with Gasteiger partial charge in [0.1, 0.15) is 5.69 Å². The fourth-order valence-electron chi connectivity index (χ4n) is 1.93. The van der Waals surface area contributed by atoms with Crippen LogP contribution in [0.2, 0.25) is 5.02 Å². The first-order chi connectivity index (χ1) is 9.65. The highest BCUT2D eigenvalue weighted by atomic mass is 35.5. The molecule has 1 aromatic heterocycles. The van der Waals surface area contributed by atoms with Crippen molar-refractivity contribution >= 4 is 17.5 Å². The van der Waals surface area contributed by atoms with E-state index in [-0.39, 0.29) is 11.9 Å². The van der Waals surface area contributed by atoms with Crippen LogP contribution in [0.25, 0.3) is 0 Å². The van der Waals surface area contributed by atoms with E-state index in [9.17, 15) is 4.79 Å². The zero-order valence-corrected chi connectivity index (χ0v) is 12.1. The number of hydrogen-bond donors (Lipinski definition) is 1. The van der Waals surface area contributed by atoms with Crippen LogP contribution in [0.4, 0.5) is 0 Å². The minimum atomic E-state index is -0.187. The molecule has 20 heavy (non-hydrogen) atoms. The summed E-state index contributed by atoms with van der Waals surface area (Å²) >= 11 is 5.85. The second-order valence-corrected chi connectivity index (χ2v) is 5.19. The fraction of sp³-hybridized carbons (Fsp3) is 0.250.